The Labute approximate surface area is 122 Å². The smallest absolute Gasteiger partial charge is 0.333 e. The summed E-state index contributed by atoms with van der Waals surface area (Å²) in [6.07, 6.45) is 1.48. The number of anilines is 1. The highest BCUT2D eigenvalue weighted by Crippen LogP contribution is 2.09. The van der Waals surface area contributed by atoms with Gasteiger partial charge in [0.25, 0.3) is 0 Å². The summed E-state index contributed by atoms with van der Waals surface area (Å²) in [5.74, 6) is 1.15. The summed E-state index contributed by atoms with van der Waals surface area (Å²) >= 11 is 5.51. The fourth-order valence-electron chi connectivity index (χ4n) is 1.44. The quantitative estimate of drug-likeness (QED) is 0.609. The van der Waals surface area contributed by atoms with Crippen LogP contribution in [0.2, 0.25) is 0 Å². The largest absolute Gasteiger partial charge is 0.336 e. The fraction of sp³-hybridized carbons (Fsp3) is 0.500. The number of nitrogens with one attached hydrogen (secondary N) is 2. The zero-order valence-electron chi connectivity index (χ0n) is 11.4. The molecule has 8 heteroatoms. The molecule has 0 aliphatic carbocycles. The summed E-state index contributed by atoms with van der Waals surface area (Å²) < 4.78 is 0. The number of carbonyl (C=O) groups is 1. The molecule has 0 atom stereocenters. The molecule has 0 aromatic carbocycles. The van der Waals surface area contributed by atoms with Crippen LogP contribution in [0.15, 0.2) is 12.3 Å². The highest BCUT2D eigenvalue weighted by atomic mass is 35.5. The molecule has 0 saturated carbocycles. The number of halogens is 1. The van der Waals surface area contributed by atoms with E-state index < -0.39 is 0 Å². The van der Waals surface area contributed by atoms with Crippen LogP contribution in [-0.4, -0.2) is 35.0 Å². The Morgan fingerprint density at radius 1 is 1.60 bits per heavy atom. The zero-order valence-corrected chi connectivity index (χ0v) is 12.2. The Balaban J connectivity index is 2.82. The molecule has 108 valence electrons. The number of nitrogens with zero attached hydrogens (tertiary/aromatic N) is 4. The number of nitriles is 1. The molecule has 0 unspecified atom stereocenters. The number of hydrogen-bond acceptors (Lipinski definition) is 5. The molecule has 0 spiro atoms. The van der Waals surface area contributed by atoms with Gasteiger partial charge in [0.15, 0.2) is 5.82 Å². The molecule has 0 aliphatic rings. The Morgan fingerprint density at radius 2 is 2.35 bits per heavy atom. The molecule has 0 aliphatic heterocycles. The number of hydrazine groups is 1. The predicted molar refractivity (Wildman–Crippen MR) is 76.2 cm³/mol. The lowest BCUT2D eigenvalue weighted by Crippen LogP contribution is -2.49. The van der Waals surface area contributed by atoms with Crippen LogP contribution in [-0.2, 0) is 0 Å². The Kier molecular flexibility index (Phi) is 6.53. The van der Waals surface area contributed by atoms with E-state index in [2.05, 4.69) is 20.7 Å². The third kappa shape index (κ3) is 5.28. The van der Waals surface area contributed by atoms with Crippen molar-refractivity contribution in [2.24, 2.45) is 5.92 Å². The van der Waals surface area contributed by atoms with Crippen molar-refractivity contribution in [1.29, 1.82) is 5.26 Å². The van der Waals surface area contributed by atoms with Gasteiger partial charge in [-0.3, -0.25) is 5.01 Å². The lowest BCUT2D eigenvalue weighted by atomic mass is 10.2. The SMILES string of the molecule is CC(C)CN(NC(=O)NCCCl)c1ccnc(C#N)n1. The summed E-state index contributed by atoms with van der Waals surface area (Å²) in [6.45, 7) is 4.95. The van der Waals surface area contributed by atoms with Crippen LogP contribution >= 0.6 is 11.6 Å². The summed E-state index contributed by atoms with van der Waals surface area (Å²) in [5.41, 5.74) is 2.68. The van der Waals surface area contributed by atoms with E-state index in [9.17, 15) is 4.79 Å². The molecule has 20 heavy (non-hydrogen) atoms. The lowest BCUT2D eigenvalue weighted by Gasteiger charge is -2.25. The van der Waals surface area contributed by atoms with Crippen LogP contribution in [0.25, 0.3) is 0 Å². The third-order valence-corrected chi connectivity index (χ3v) is 2.37. The second-order valence-electron chi connectivity index (χ2n) is 4.41. The van der Waals surface area contributed by atoms with E-state index in [-0.39, 0.29) is 11.9 Å². The Morgan fingerprint density at radius 3 is 2.95 bits per heavy atom. The van der Waals surface area contributed by atoms with Crippen molar-refractivity contribution in [3.63, 3.8) is 0 Å². The molecule has 0 fully saturated rings. The molecule has 7 nitrogen and oxygen atoms in total. The van der Waals surface area contributed by atoms with Gasteiger partial charge in [-0.2, -0.15) is 10.2 Å². The van der Waals surface area contributed by atoms with Gasteiger partial charge in [-0.1, -0.05) is 13.8 Å². The van der Waals surface area contributed by atoms with Crippen LogP contribution < -0.4 is 15.8 Å². The molecule has 2 amide bonds. The molecule has 1 aromatic rings. The van der Waals surface area contributed by atoms with E-state index in [1.807, 2.05) is 19.9 Å². The van der Waals surface area contributed by atoms with Gasteiger partial charge in [-0.15, -0.1) is 11.6 Å². The number of rotatable bonds is 6. The molecule has 1 heterocycles. The fourth-order valence-corrected chi connectivity index (χ4v) is 1.53. The van der Waals surface area contributed by atoms with Crippen molar-refractivity contribution in [3.8, 4) is 6.07 Å². The summed E-state index contributed by atoms with van der Waals surface area (Å²) in [5, 5.41) is 13.0. The zero-order chi connectivity index (χ0) is 15.0. The number of urea groups is 1. The highest BCUT2D eigenvalue weighted by molar-refractivity contribution is 6.18. The second-order valence-corrected chi connectivity index (χ2v) is 4.79. The topological polar surface area (TPSA) is 93.9 Å². The monoisotopic (exact) mass is 296 g/mol. The van der Waals surface area contributed by atoms with Crippen LogP contribution in [0, 0.1) is 17.2 Å². The van der Waals surface area contributed by atoms with E-state index in [1.54, 1.807) is 11.1 Å². The van der Waals surface area contributed by atoms with Crippen LogP contribution in [0.1, 0.15) is 19.7 Å². The average molecular weight is 297 g/mol. The summed E-state index contributed by atoms with van der Waals surface area (Å²) in [4.78, 5) is 19.6. The first-order valence-electron chi connectivity index (χ1n) is 6.18. The molecule has 0 bridgehead atoms. The second kappa shape index (κ2) is 8.17. The minimum absolute atomic E-state index is 0.0548. The van der Waals surface area contributed by atoms with Crippen molar-refractivity contribution in [3.05, 3.63) is 18.1 Å². The molecule has 1 aromatic heterocycles. The predicted octanol–water partition coefficient (Wildman–Crippen LogP) is 1.26. The number of alkyl halides is 1. The summed E-state index contributed by atoms with van der Waals surface area (Å²) in [6, 6.07) is 3.13. The first-order valence-corrected chi connectivity index (χ1v) is 6.71. The number of hydrogen-bond donors (Lipinski definition) is 2. The van der Waals surface area contributed by atoms with Gasteiger partial charge in [-0.25, -0.2) is 15.2 Å². The number of amides is 2. The van der Waals surface area contributed by atoms with Crippen molar-refractivity contribution < 1.29 is 4.79 Å². The Hall–Kier alpha value is -2.07. The van der Waals surface area contributed by atoms with Gasteiger partial charge in [0.05, 0.1) is 0 Å². The first kappa shape index (κ1) is 16.0. The maximum absolute atomic E-state index is 11.7. The van der Waals surface area contributed by atoms with Crippen LogP contribution in [0.3, 0.4) is 0 Å². The molecular weight excluding hydrogens is 280 g/mol. The maximum Gasteiger partial charge on any atom is 0.333 e. The van der Waals surface area contributed by atoms with Gasteiger partial charge >= 0.3 is 6.03 Å². The minimum Gasteiger partial charge on any atom is -0.336 e. The van der Waals surface area contributed by atoms with E-state index in [0.717, 1.165) is 0 Å². The van der Waals surface area contributed by atoms with Gasteiger partial charge in [-0.05, 0) is 5.92 Å². The van der Waals surface area contributed by atoms with Gasteiger partial charge in [0.1, 0.15) is 6.07 Å². The van der Waals surface area contributed by atoms with Gasteiger partial charge in [0.2, 0.25) is 5.82 Å². The van der Waals surface area contributed by atoms with Crippen molar-refractivity contribution in [2.45, 2.75) is 13.8 Å². The van der Waals surface area contributed by atoms with E-state index in [1.165, 1.54) is 6.20 Å². The van der Waals surface area contributed by atoms with E-state index in [0.29, 0.717) is 30.7 Å². The minimum atomic E-state index is -0.372. The van der Waals surface area contributed by atoms with Crippen LogP contribution in [0.4, 0.5) is 10.6 Å². The van der Waals surface area contributed by atoms with Crippen LogP contribution in [0.5, 0.6) is 0 Å². The standard InChI is InChI=1S/C12H17ClN6O/c1-9(2)8-19(18-12(20)16-6-4-13)11-3-5-15-10(7-14)17-11/h3,5,9H,4,6,8H2,1-2H3,(H2,16,18,20). The van der Waals surface area contributed by atoms with Gasteiger partial charge in [0, 0.05) is 31.2 Å². The molecule has 0 radical (unpaired) electrons. The van der Waals surface area contributed by atoms with E-state index >= 15 is 0 Å². The number of aromatic nitrogens is 2. The maximum atomic E-state index is 11.7. The summed E-state index contributed by atoms with van der Waals surface area (Å²) in [7, 11) is 0. The molecule has 0 saturated heterocycles. The molecule has 1 rings (SSSR count). The molecular formula is C12H17ClN6O. The number of carbonyl (C=O) groups excluding carboxylic acids is 1. The van der Waals surface area contributed by atoms with Gasteiger partial charge < -0.3 is 5.32 Å². The Bertz CT molecular complexity index is 487. The van der Waals surface area contributed by atoms with E-state index in [4.69, 9.17) is 16.9 Å². The highest BCUT2D eigenvalue weighted by Gasteiger charge is 2.13. The third-order valence-electron chi connectivity index (χ3n) is 2.18. The normalized spacial score (nSPS) is 9.95. The van der Waals surface area contributed by atoms with Crippen molar-refractivity contribution in [1.82, 2.24) is 20.7 Å². The average Bonchev–Trinajstić information content (AvgIpc) is 2.44. The van der Waals surface area contributed by atoms with Crippen molar-refractivity contribution >= 4 is 23.4 Å². The lowest BCUT2D eigenvalue weighted by molar-refractivity contribution is 0.240. The first-order chi connectivity index (χ1) is 9.56. The molecule has 2 N–H and O–H groups in total. The van der Waals surface area contributed by atoms with Crippen molar-refractivity contribution in [2.75, 3.05) is 24.0 Å².